The van der Waals surface area contributed by atoms with Gasteiger partial charge in [0.2, 0.25) is 0 Å². The van der Waals surface area contributed by atoms with E-state index < -0.39 is 16.1 Å². The summed E-state index contributed by atoms with van der Waals surface area (Å²) in [4.78, 5) is 0. The zero-order valence-corrected chi connectivity index (χ0v) is 28.5. The van der Waals surface area contributed by atoms with E-state index in [1.807, 2.05) is 0 Å². The third-order valence-electron chi connectivity index (χ3n) is 9.56. The third kappa shape index (κ3) is 6.19. The molecule has 2 heteroatoms. The molecule has 0 radical (unpaired) electrons. The quantitative estimate of drug-likeness (QED) is 0.0722. The van der Waals surface area contributed by atoms with E-state index in [-0.39, 0.29) is 0 Å². The summed E-state index contributed by atoms with van der Waals surface area (Å²) < 4.78 is 0. The molecule has 0 saturated heterocycles. The molecule has 0 saturated carbocycles. The van der Waals surface area contributed by atoms with Crippen molar-refractivity contribution in [3.05, 3.63) is 207 Å². The van der Waals surface area contributed by atoms with Gasteiger partial charge in [-0.2, -0.15) is 0 Å². The van der Waals surface area contributed by atoms with Crippen LogP contribution in [0.2, 0.25) is 11.6 Å². The summed E-state index contributed by atoms with van der Waals surface area (Å²) in [6.07, 6.45) is 9.23. The van der Waals surface area contributed by atoms with Crippen molar-refractivity contribution in [1.82, 2.24) is 0 Å². The molecule has 1 atom stereocenters. The van der Waals surface area contributed by atoms with Crippen LogP contribution in [0.25, 0.3) is 0 Å². The Morgan fingerprint density at radius 2 is 0.717 bits per heavy atom. The summed E-state index contributed by atoms with van der Waals surface area (Å²) in [5.41, 5.74) is 0.323. The Bertz CT molecular complexity index is 1610. The Hall–Kier alpha value is -4.77. The zero-order chi connectivity index (χ0) is 31.5. The van der Waals surface area contributed by atoms with Gasteiger partial charge in [-0.15, -0.1) is 6.58 Å². The first kappa shape index (κ1) is 31.2. The lowest BCUT2D eigenvalue weighted by Gasteiger charge is -2.39. The molecule has 46 heavy (non-hydrogen) atoms. The normalized spacial score (nSPS) is 12.5. The fraction of sp³-hybridized carbons (Fsp3) is 0.0909. The molecule has 0 heterocycles. The average molecular weight is 627 g/mol. The Balaban J connectivity index is 1.36. The van der Waals surface area contributed by atoms with Crippen molar-refractivity contribution >= 4 is 47.3 Å². The molecule has 0 aliphatic carbocycles. The second-order valence-corrected chi connectivity index (χ2v) is 20.0. The lowest BCUT2D eigenvalue weighted by atomic mass is 10.2. The number of allylic oxidation sites excluding steroid dienone is 3. The molecule has 0 aromatic heterocycles. The van der Waals surface area contributed by atoms with Gasteiger partial charge in [0.05, 0.1) is 0 Å². The lowest BCUT2D eigenvalue weighted by molar-refractivity contribution is 0.848. The van der Waals surface area contributed by atoms with Crippen molar-refractivity contribution < 1.29 is 0 Å². The van der Waals surface area contributed by atoms with Crippen LogP contribution in [-0.2, 0) is 0 Å². The van der Waals surface area contributed by atoms with Gasteiger partial charge in [0, 0.05) is 0 Å². The van der Waals surface area contributed by atoms with Gasteiger partial charge in [0.15, 0.2) is 16.1 Å². The van der Waals surface area contributed by atoms with E-state index in [2.05, 4.69) is 207 Å². The molecule has 0 bridgehead atoms. The van der Waals surface area contributed by atoms with Gasteiger partial charge in [-0.05, 0) is 55.5 Å². The van der Waals surface area contributed by atoms with Gasteiger partial charge in [-0.3, -0.25) is 0 Å². The Morgan fingerprint density at radius 1 is 0.413 bits per heavy atom. The van der Waals surface area contributed by atoms with Crippen LogP contribution >= 0.6 is 0 Å². The molecule has 0 spiro atoms. The van der Waals surface area contributed by atoms with Crippen LogP contribution in [0.15, 0.2) is 207 Å². The highest BCUT2D eigenvalue weighted by atomic mass is 28.3. The van der Waals surface area contributed by atoms with E-state index in [0.717, 1.165) is 18.9 Å². The predicted octanol–water partition coefficient (Wildman–Crippen LogP) is 7.22. The topological polar surface area (TPSA) is 0 Å². The van der Waals surface area contributed by atoms with Crippen LogP contribution in [0.1, 0.15) is 12.8 Å². The van der Waals surface area contributed by atoms with E-state index >= 15 is 0 Å². The Labute approximate surface area is 277 Å². The summed E-state index contributed by atoms with van der Waals surface area (Å²) in [7, 11) is -4.75. The summed E-state index contributed by atoms with van der Waals surface area (Å²) in [5.74, 6) is 0. The molecule has 0 N–H and O–H groups in total. The number of rotatable bonds is 13. The molecule has 0 amide bonds. The minimum absolute atomic E-state index is 0.323. The molecule has 0 aliphatic rings. The van der Waals surface area contributed by atoms with Gasteiger partial charge in [-0.25, -0.2) is 0 Å². The van der Waals surface area contributed by atoms with Crippen LogP contribution in [0.5, 0.6) is 0 Å². The minimum Gasteiger partial charge on any atom is -0.103 e. The van der Waals surface area contributed by atoms with Crippen molar-refractivity contribution in [1.29, 1.82) is 0 Å². The molecule has 0 aliphatic heterocycles. The second-order valence-electron chi connectivity index (χ2n) is 12.0. The van der Waals surface area contributed by atoms with Crippen LogP contribution in [-0.4, -0.2) is 16.1 Å². The maximum absolute atomic E-state index is 4.48. The molecular weight excluding hydrogens is 585 g/mol. The van der Waals surface area contributed by atoms with E-state index in [9.17, 15) is 0 Å². The maximum Gasteiger partial charge on any atom is 0.154 e. The van der Waals surface area contributed by atoms with Crippen LogP contribution in [0, 0.1) is 0 Å². The van der Waals surface area contributed by atoms with Crippen LogP contribution < -0.4 is 31.1 Å². The van der Waals surface area contributed by atoms with Gasteiger partial charge in [-0.1, -0.05) is 200 Å². The maximum atomic E-state index is 4.48. The fourth-order valence-corrected chi connectivity index (χ4v) is 17.3. The fourth-order valence-electron chi connectivity index (χ4n) is 7.43. The monoisotopic (exact) mass is 626 g/mol. The zero-order valence-electron chi connectivity index (χ0n) is 26.5. The molecule has 1 unspecified atom stereocenters. The highest BCUT2D eigenvalue weighted by Crippen LogP contribution is 2.29. The van der Waals surface area contributed by atoms with Crippen molar-refractivity contribution in [3.63, 3.8) is 0 Å². The van der Waals surface area contributed by atoms with Crippen LogP contribution in [0.4, 0.5) is 0 Å². The van der Waals surface area contributed by atoms with E-state index in [0.29, 0.717) is 5.54 Å². The summed E-state index contributed by atoms with van der Waals surface area (Å²) in [5, 5.41) is 8.65. The lowest BCUT2D eigenvalue weighted by Crippen LogP contribution is -2.69. The molecular formula is C44H42Si2. The van der Waals surface area contributed by atoms with E-state index in [1.54, 1.807) is 0 Å². The first-order chi connectivity index (χ1) is 22.8. The van der Waals surface area contributed by atoms with Crippen molar-refractivity contribution in [2.45, 2.75) is 24.4 Å². The van der Waals surface area contributed by atoms with Gasteiger partial charge >= 0.3 is 0 Å². The molecule has 6 aromatic carbocycles. The van der Waals surface area contributed by atoms with Gasteiger partial charge < -0.3 is 0 Å². The predicted molar refractivity (Wildman–Crippen MR) is 205 cm³/mol. The number of hydrogen-bond acceptors (Lipinski definition) is 0. The van der Waals surface area contributed by atoms with Crippen molar-refractivity contribution in [2.75, 3.05) is 0 Å². The van der Waals surface area contributed by atoms with Crippen molar-refractivity contribution in [3.8, 4) is 0 Å². The summed E-state index contributed by atoms with van der Waals surface area (Å²) >= 11 is 0. The van der Waals surface area contributed by atoms with E-state index in [1.165, 1.54) is 31.1 Å². The largest absolute Gasteiger partial charge is 0.154 e. The molecule has 226 valence electrons. The standard InChI is InChI=1S/C44H42Si2/c1-2-38(46(42-31-16-6-17-32-42,43-33-18-7-19-34-43)44-35-20-8-21-36-44)24-22-9-23-37-45(39-25-10-3-11-26-39,40-27-12-4-13-28-40)41-29-14-5-15-30-41/h2-21,23,25-36,38H,1,22,24,37H2/b23-9+. The third-order valence-corrected chi connectivity index (χ3v) is 19.7. The first-order valence-electron chi connectivity index (χ1n) is 16.4. The molecule has 0 nitrogen and oxygen atoms in total. The van der Waals surface area contributed by atoms with Gasteiger partial charge in [0.1, 0.15) is 0 Å². The minimum atomic E-state index is -2.45. The number of hydrogen-bond donors (Lipinski definition) is 0. The smallest absolute Gasteiger partial charge is 0.103 e. The molecule has 6 rings (SSSR count). The Morgan fingerprint density at radius 3 is 1.02 bits per heavy atom. The number of benzene rings is 6. The van der Waals surface area contributed by atoms with E-state index in [4.69, 9.17) is 0 Å². The van der Waals surface area contributed by atoms with Crippen molar-refractivity contribution in [2.24, 2.45) is 0 Å². The highest BCUT2D eigenvalue weighted by Gasteiger charge is 2.44. The average Bonchev–Trinajstić information content (AvgIpc) is 3.15. The van der Waals surface area contributed by atoms with Crippen LogP contribution in [0.3, 0.4) is 0 Å². The first-order valence-corrected chi connectivity index (χ1v) is 20.7. The highest BCUT2D eigenvalue weighted by molar-refractivity contribution is 7.13. The summed E-state index contributed by atoms with van der Waals surface area (Å²) in [6.45, 7) is 4.48. The SMILES string of the molecule is C=CC(CC/C=C/C[Si](c1ccccc1)(c1ccccc1)c1ccccc1)[Si](c1ccccc1)(c1ccccc1)c1ccccc1. The van der Waals surface area contributed by atoms with Gasteiger partial charge in [0.25, 0.3) is 0 Å². The molecule has 6 aromatic rings. The molecule has 0 fully saturated rings. The summed E-state index contributed by atoms with van der Waals surface area (Å²) in [6, 6.07) is 68.3. The second kappa shape index (κ2) is 15.0. The Kier molecular flexibility index (Phi) is 10.2.